The molecule has 0 spiro atoms. The van der Waals surface area contributed by atoms with Crippen molar-refractivity contribution < 1.29 is 4.79 Å². The van der Waals surface area contributed by atoms with Crippen LogP contribution in [0.5, 0.6) is 0 Å². The summed E-state index contributed by atoms with van der Waals surface area (Å²) < 4.78 is 0. The number of fused-ring (bicyclic) bond motifs is 1. The number of rotatable bonds is 3. The maximum atomic E-state index is 12.1. The number of hydrogen-bond acceptors (Lipinski definition) is 3. The highest BCUT2D eigenvalue weighted by Gasteiger charge is 2.23. The lowest BCUT2D eigenvalue weighted by Gasteiger charge is -2.22. The minimum atomic E-state index is -0.349. The van der Waals surface area contributed by atoms with Gasteiger partial charge in [0.25, 0.3) is 5.91 Å². The molecule has 1 aliphatic rings. The van der Waals surface area contributed by atoms with Crippen molar-refractivity contribution in [1.29, 1.82) is 0 Å². The molecule has 1 aromatic rings. The molecular weight excluding hydrogens is 274 g/mol. The van der Waals surface area contributed by atoms with E-state index >= 15 is 0 Å². The van der Waals surface area contributed by atoms with Crippen molar-refractivity contribution in [1.82, 2.24) is 5.32 Å². The van der Waals surface area contributed by atoms with Gasteiger partial charge in [-0.25, -0.2) is 0 Å². The van der Waals surface area contributed by atoms with Gasteiger partial charge in [0.2, 0.25) is 0 Å². The zero-order valence-electron chi connectivity index (χ0n) is 10.0. The van der Waals surface area contributed by atoms with Gasteiger partial charge in [-0.2, -0.15) is 11.8 Å². The second-order valence-corrected chi connectivity index (χ2v) is 7.34. The summed E-state index contributed by atoms with van der Waals surface area (Å²) in [6.07, 6.45) is 1.09. The molecule has 17 heavy (non-hydrogen) atoms. The number of carbonyl (C=O) groups is 1. The first-order chi connectivity index (χ1) is 8.02. The molecule has 0 aromatic carbocycles. The molecule has 1 aromatic heterocycles. The molecule has 2 heterocycles. The van der Waals surface area contributed by atoms with Crippen molar-refractivity contribution in [2.75, 3.05) is 11.6 Å². The second kappa shape index (κ2) is 5.21. The lowest BCUT2D eigenvalue weighted by molar-refractivity contribution is 0.0924. The Morgan fingerprint density at radius 1 is 1.59 bits per heavy atom. The molecule has 1 N–H and O–H groups in total. The molecule has 0 unspecified atom stereocenters. The van der Waals surface area contributed by atoms with Crippen LogP contribution in [0.1, 0.15) is 34.0 Å². The first-order valence-electron chi connectivity index (χ1n) is 5.59. The van der Waals surface area contributed by atoms with E-state index in [0.29, 0.717) is 5.88 Å². The van der Waals surface area contributed by atoms with Crippen LogP contribution >= 0.6 is 34.7 Å². The van der Waals surface area contributed by atoms with Gasteiger partial charge in [0, 0.05) is 22.0 Å². The highest BCUT2D eigenvalue weighted by molar-refractivity contribution is 7.98. The summed E-state index contributed by atoms with van der Waals surface area (Å²) in [5.41, 5.74) is 0.984. The predicted molar refractivity (Wildman–Crippen MR) is 76.5 cm³/mol. The number of thioether (sulfide) groups is 1. The standard InChI is InChI=1S/C12H16ClNOS2/c1-12(2,7-13)14-11(15)10-5-8-6-16-4-3-9(8)17-10/h5H,3-4,6-7H2,1-2H3,(H,14,15). The summed E-state index contributed by atoms with van der Waals surface area (Å²) in [6.45, 7) is 3.86. The third-order valence-electron chi connectivity index (χ3n) is 2.64. The van der Waals surface area contributed by atoms with Gasteiger partial charge in [-0.15, -0.1) is 22.9 Å². The minimum Gasteiger partial charge on any atom is -0.345 e. The predicted octanol–water partition coefficient (Wildman–Crippen LogP) is 3.28. The van der Waals surface area contributed by atoms with E-state index in [0.717, 1.165) is 17.1 Å². The van der Waals surface area contributed by atoms with E-state index in [1.807, 2.05) is 31.7 Å². The smallest absolute Gasteiger partial charge is 0.261 e. The third kappa shape index (κ3) is 3.18. The van der Waals surface area contributed by atoms with Crippen LogP contribution in [0.25, 0.3) is 0 Å². The van der Waals surface area contributed by atoms with E-state index in [4.69, 9.17) is 11.6 Å². The van der Waals surface area contributed by atoms with Crippen LogP contribution in [-0.2, 0) is 12.2 Å². The molecule has 2 rings (SSSR count). The lowest BCUT2D eigenvalue weighted by atomic mass is 10.1. The van der Waals surface area contributed by atoms with E-state index in [-0.39, 0.29) is 11.4 Å². The largest absolute Gasteiger partial charge is 0.345 e. The molecular formula is C12H16ClNOS2. The monoisotopic (exact) mass is 289 g/mol. The van der Waals surface area contributed by atoms with Gasteiger partial charge < -0.3 is 5.32 Å². The molecule has 1 aliphatic heterocycles. The van der Waals surface area contributed by atoms with Crippen LogP contribution in [0.15, 0.2) is 6.07 Å². The normalized spacial score (nSPS) is 15.5. The van der Waals surface area contributed by atoms with Crippen LogP contribution in [0.3, 0.4) is 0 Å². The molecule has 0 radical (unpaired) electrons. The van der Waals surface area contributed by atoms with Crippen LogP contribution in [-0.4, -0.2) is 23.1 Å². The number of amides is 1. The molecule has 0 fully saturated rings. The van der Waals surface area contributed by atoms with Crippen molar-refractivity contribution in [2.45, 2.75) is 31.6 Å². The Morgan fingerprint density at radius 3 is 3.00 bits per heavy atom. The zero-order valence-corrected chi connectivity index (χ0v) is 12.4. The number of aryl methyl sites for hydroxylation is 1. The van der Waals surface area contributed by atoms with Gasteiger partial charge in [-0.1, -0.05) is 0 Å². The Labute approximate surface area is 115 Å². The number of hydrogen-bond donors (Lipinski definition) is 1. The summed E-state index contributed by atoms with van der Waals surface area (Å²) in [4.78, 5) is 14.3. The molecule has 1 amide bonds. The molecule has 0 aliphatic carbocycles. The SMILES string of the molecule is CC(C)(CCl)NC(=O)c1cc2c(s1)CCSC2. The molecule has 5 heteroatoms. The Hall–Kier alpha value is -0.190. The molecule has 2 nitrogen and oxygen atoms in total. The third-order valence-corrected chi connectivity index (χ3v) is 5.55. The number of nitrogens with one attached hydrogen (secondary N) is 1. The summed E-state index contributed by atoms with van der Waals surface area (Å²) in [5.74, 6) is 2.62. The number of thiophene rings is 1. The summed E-state index contributed by atoms with van der Waals surface area (Å²) in [7, 11) is 0. The Morgan fingerprint density at radius 2 is 2.35 bits per heavy atom. The summed E-state index contributed by atoms with van der Waals surface area (Å²) in [6, 6.07) is 2.03. The van der Waals surface area contributed by atoms with Gasteiger partial charge in [0.1, 0.15) is 0 Å². The fourth-order valence-corrected chi connectivity index (χ4v) is 4.00. The second-order valence-electron chi connectivity index (χ2n) is 4.83. The molecule has 0 saturated heterocycles. The van der Waals surface area contributed by atoms with Gasteiger partial charge in [0.15, 0.2) is 0 Å². The minimum absolute atomic E-state index is 0.0000463. The Balaban J connectivity index is 2.12. The van der Waals surface area contributed by atoms with Crippen molar-refractivity contribution in [3.05, 3.63) is 21.4 Å². The van der Waals surface area contributed by atoms with Crippen molar-refractivity contribution in [2.24, 2.45) is 0 Å². The van der Waals surface area contributed by atoms with Gasteiger partial charge in [-0.05, 0) is 37.7 Å². The average molecular weight is 290 g/mol. The van der Waals surface area contributed by atoms with E-state index in [2.05, 4.69) is 5.32 Å². The maximum absolute atomic E-state index is 12.1. The van der Waals surface area contributed by atoms with Crippen LogP contribution in [0.4, 0.5) is 0 Å². The Kier molecular flexibility index (Phi) is 4.06. The quantitative estimate of drug-likeness (QED) is 0.865. The number of halogens is 1. The zero-order chi connectivity index (χ0) is 12.5. The summed E-state index contributed by atoms with van der Waals surface area (Å²) in [5, 5.41) is 2.96. The van der Waals surface area contributed by atoms with E-state index in [1.54, 1.807) is 11.3 Å². The van der Waals surface area contributed by atoms with Crippen molar-refractivity contribution >= 4 is 40.6 Å². The summed E-state index contributed by atoms with van der Waals surface area (Å²) >= 11 is 9.37. The fourth-order valence-electron chi connectivity index (χ4n) is 1.66. The average Bonchev–Trinajstić information content (AvgIpc) is 2.72. The highest BCUT2D eigenvalue weighted by atomic mass is 35.5. The molecule has 0 bridgehead atoms. The van der Waals surface area contributed by atoms with E-state index in [9.17, 15) is 4.79 Å². The van der Waals surface area contributed by atoms with Crippen LogP contribution in [0, 0.1) is 0 Å². The van der Waals surface area contributed by atoms with Crippen molar-refractivity contribution in [3.8, 4) is 0 Å². The lowest BCUT2D eigenvalue weighted by Crippen LogP contribution is -2.44. The fraction of sp³-hybridized carbons (Fsp3) is 0.583. The molecule has 0 saturated carbocycles. The highest BCUT2D eigenvalue weighted by Crippen LogP contribution is 2.31. The van der Waals surface area contributed by atoms with Gasteiger partial charge >= 0.3 is 0 Å². The Bertz CT molecular complexity index is 405. The number of alkyl halides is 1. The number of carbonyl (C=O) groups excluding carboxylic acids is 1. The van der Waals surface area contributed by atoms with E-state index < -0.39 is 0 Å². The van der Waals surface area contributed by atoms with Crippen LogP contribution in [0.2, 0.25) is 0 Å². The molecule has 0 atom stereocenters. The maximum Gasteiger partial charge on any atom is 0.261 e. The first kappa shape index (κ1) is 13.2. The van der Waals surface area contributed by atoms with E-state index in [1.165, 1.54) is 16.2 Å². The van der Waals surface area contributed by atoms with Gasteiger partial charge in [0.05, 0.1) is 4.88 Å². The molecule has 94 valence electrons. The van der Waals surface area contributed by atoms with Crippen LogP contribution < -0.4 is 5.32 Å². The van der Waals surface area contributed by atoms with Gasteiger partial charge in [-0.3, -0.25) is 4.79 Å². The van der Waals surface area contributed by atoms with Crippen molar-refractivity contribution in [3.63, 3.8) is 0 Å². The first-order valence-corrected chi connectivity index (χ1v) is 8.10. The topological polar surface area (TPSA) is 29.1 Å².